The van der Waals surface area contributed by atoms with E-state index in [9.17, 15) is 18.3 Å². The summed E-state index contributed by atoms with van der Waals surface area (Å²) in [5.74, 6) is -0.0719. The fraction of sp³-hybridized carbons (Fsp3) is 0.333. The van der Waals surface area contributed by atoms with Gasteiger partial charge in [0.25, 0.3) is 5.91 Å². The first kappa shape index (κ1) is 21.8. The number of methoxy groups -OCH3 is 1. The van der Waals surface area contributed by atoms with Crippen LogP contribution in [-0.4, -0.2) is 49.6 Å². The van der Waals surface area contributed by atoms with Crippen LogP contribution in [0.15, 0.2) is 52.5 Å². The van der Waals surface area contributed by atoms with E-state index >= 15 is 0 Å². The summed E-state index contributed by atoms with van der Waals surface area (Å²) in [7, 11) is -2.14. The average molecular weight is 432 g/mol. The summed E-state index contributed by atoms with van der Waals surface area (Å²) in [6.45, 7) is 2.63. The number of phenols is 1. The lowest BCUT2D eigenvalue weighted by atomic mass is 10.1. The predicted octanol–water partition coefficient (Wildman–Crippen LogP) is 2.73. The van der Waals surface area contributed by atoms with Crippen molar-refractivity contribution in [3.8, 4) is 11.5 Å². The Morgan fingerprint density at radius 3 is 2.53 bits per heavy atom. The molecule has 9 heteroatoms. The van der Waals surface area contributed by atoms with Gasteiger partial charge in [-0.2, -0.15) is 9.41 Å². The molecule has 0 aromatic heterocycles. The van der Waals surface area contributed by atoms with E-state index < -0.39 is 15.9 Å². The van der Waals surface area contributed by atoms with Crippen LogP contribution in [0.2, 0.25) is 0 Å². The Morgan fingerprint density at radius 1 is 1.13 bits per heavy atom. The van der Waals surface area contributed by atoms with Crippen LogP contribution >= 0.6 is 0 Å². The molecule has 1 saturated heterocycles. The summed E-state index contributed by atoms with van der Waals surface area (Å²) in [6.07, 6.45) is 2.70. The summed E-state index contributed by atoms with van der Waals surface area (Å²) in [5.41, 5.74) is 3.42. The highest BCUT2D eigenvalue weighted by Crippen LogP contribution is 2.24. The fourth-order valence-corrected chi connectivity index (χ4v) is 4.82. The molecule has 1 aliphatic heterocycles. The summed E-state index contributed by atoms with van der Waals surface area (Å²) in [5, 5.41) is 14.1. The molecule has 0 radical (unpaired) electrons. The van der Waals surface area contributed by atoms with Gasteiger partial charge < -0.3 is 9.84 Å². The molecule has 2 aromatic carbocycles. The van der Waals surface area contributed by atoms with E-state index in [0.717, 1.165) is 19.3 Å². The second kappa shape index (κ2) is 9.27. The van der Waals surface area contributed by atoms with Gasteiger partial charge in [0, 0.05) is 30.3 Å². The molecule has 0 spiro atoms. The SMILES string of the molecule is COc1ccc(/C(C)=N/NC(=O)c2cccc(S(=O)(=O)N3CCCCC3)c2)c(O)c1. The van der Waals surface area contributed by atoms with Gasteiger partial charge in [-0.1, -0.05) is 12.5 Å². The Balaban J connectivity index is 1.76. The fourth-order valence-electron chi connectivity index (χ4n) is 3.26. The van der Waals surface area contributed by atoms with Crippen LogP contribution in [0.4, 0.5) is 0 Å². The molecule has 2 N–H and O–H groups in total. The van der Waals surface area contributed by atoms with Gasteiger partial charge in [-0.25, -0.2) is 13.8 Å². The molecular weight excluding hydrogens is 406 g/mol. The number of carbonyl (C=O) groups excluding carboxylic acids is 1. The molecule has 1 fully saturated rings. The molecule has 0 aliphatic carbocycles. The molecule has 1 amide bonds. The first-order valence-electron chi connectivity index (χ1n) is 9.65. The van der Waals surface area contributed by atoms with Gasteiger partial charge in [0.05, 0.1) is 17.7 Å². The van der Waals surface area contributed by atoms with Crippen molar-refractivity contribution in [1.29, 1.82) is 0 Å². The summed E-state index contributed by atoms with van der Waals surface area (Å²) in [4.78, 5) is 12.6. The molecule has 30 heavy (non-hydrogen) atoms. The lowest BCUT2D eigenvalue weighted by Crippen LogP contribution is -2.35. The van der Waals surface area contributed by atoms with E-state index in [2.05, 4.69) is 10.5 Å². The average Bonchev–Trinajstić information content (AvgIpc) is 2.77. The number of hydrogen-bond acceptors (Lipinski definition) is 6. The van der Waals surface area contributed by atoms with Crippen LogP contribution in [-0.2, 0) is 10.0 Å². The van der Waals surface area contributed by atoms with Crippen LogP contribution in [0.25, 0.3) is 0 Å². The van der Waals surface area contributed by atoms with Gasteiger partial charge in [0.15, 0.2) is 0 Å². The normalized spacial score (nSPS) is 15.6. The largest absolute Gasteiger partial charge is 0.507 e. The van der Waals surface area contributed by atoms with E-state index in [1.807, 2.05) is 0 Å². The molecule has 0 bridgehead atoms. The van der Waals surface area contributed by atoms with Gasteiger partial charge in [0.1, 0.15) is 11.5 Å². The van der Waals surface area contributed by atoms with Gasteiger partial charge in [-0.15, -0.1) is 0 Å². The van der Waals surface area contributed by atoms with Crippen molar-refractivity contribution in [2.45, 2.75) is 31.1 Å². The maximum absolute atomic E-state index is 12.8. The molecule has 160 valence electrons. The maximum Gasteiger partial charge on any atom is 0.271 e. The monoisotopic (exact) mass is 431 g/mol. The second-order valence-corrected chi connectivity index (χ2v) is 8.95. The van der Waals surface area contributed by atoms with Crippen molar-refractivity contribution in [2.75, 3.05) is 20.2 Å². The number of hydrazone groups is 1. The zero-order valence-electron chi connectivity index (χ0n) is 17.0. The van der Waals surface area contributed by atoms with E-state index in [0.29, 0.717) is 30.1 Å². The molecular formula is C21H25N3O5S. The minimum atomic E-state index is -3.63. The van der Waals surface area contributed by atoms with Crippen LogP contribution in [0.3, 0.4) is 0 Å². The number of nitrogens with zero attached hydrogens (tertiary/aromatic N) is 2. The molecule has 0 atom stereocenters. The van der Waals surface area contributed by atoms with Gasteiger partial charge in [-0.05, 0) is 50.1 Å². The molecule has 0 saturated carbocycles. The van der Waals surface area contributed by atoms with E-state index in [1.54, 1.807) is 19.1 Å². The Hall–Kier alpha value is -2.91. The molecule has 1 aliphatic rings. The maximum atomic E-state index is 12.8. The molecule has 3 rings (SSSR count). The molecule has 2 aromatic rings. The number of amides is 1. The second-order valence-electron chi connectivity index (χ2n) is 7.01. The smallest absolute Gasteiger partial charge is 0.271 e. The van der Waals surface area contributed by atoms with Crippen molar-refractivity contribution in [3.05, 3.63) is 53.6 Å². The Bertz CT molecular complexity index is 1060. The number of benzene rings is 2. The third-order valence-corrected chi connectivity index (χ3v) is 6.86. The lowest BCUT2D eigenvalue weighted by molar-refractivity contribution is 0.0954. The highest BCUT2D eigenvalue weighted by Gasteiger charge is 2.26. The van der Waals surface area contributed by atoms with E-state index in [4.69, 9.17) is 4.74 Å². The van der Waals surface area contributed by atoms with Gasteiger partial charge in [0.2, 0.25) is 10.0 Å². The zero-order valence-corrected chi connectivity index (χ0v) is 17.8. The predicted molar refractivity (Wildman–Crippen MR) is 113 cm³/mol. The summed E-state index contributed by atoms with van der Waals surface area (Å²) >= 11 is 0. The minimum Gasteiger partial charge on any atom is -0.507 e. The van der Waals surface area contributed by atoms with E-state index in [1.165, 1.54) is 41.7 Å². The molecule has 8 nitrogen and oxygen atoms in total. The van der Waals surface area contributed by atoms with E-state index in [-0.39, 0.29) is 16.2 Å². The van der Waals surface area contributed by atoms with Crippen LogP contribution in [0, 0.1) is 0 Å². The lowest BCUT2D eigenvalue weighted by Gasteiger charge is -2.25. The summed E-state index contributed by atoms with van der Waals surface area (Å²) in [6, 6.07) is 10.7. The number of piperidine rings is 1. The number of nitrogens with one attached hydrogen (secondary N) is 1. The van der Waals surface area contributed by atoms with Gasteiger partial charge in [-0.3, -0.25) is 4.79 Å². The third-order valence-electron chi connectivity index (χ3n) is 4.97. The number of phenolic OH excluding ortho intramolecular Hbond substituents is 1. The molecule has 1 heterocycles. The topological polar surface area (TPSA) is 108 Å². The molecule has 0 unspecified atom stereocenters. The minimum absolute atomic E-state index is 0.0283. The number of aromatic hydroxyl groups is 1. The van der Waals surface area contributed by atoms with Crippen molar-refractivity contribution >= 4 is 21.6 Å². The first-order chi connectivity index (χ1) is 14.3. The number of ether oxygens (including phenoxy) is 1. The van der Waals surface area contributed by atoms with Crippen molar-refractivity contribution in [2.24, 2.45) is 5.10 Å². The van der Waals surface area contributed by atoms with Crippen LogP contribution < -0.4 is 10.2 Å². The quantitative estimate of drug-likeness (QED) is 0.540. The third kappa shape index (κ3) is 4.80. The number of carbonyl (C=O) groups is 1. The Kier molecular flexibility index (Phi) is 6.73. The van der Waals surface area contributed by atoms with Gasteiger partial charge >= 0.3 is 0 Å². The van der Waals surface area contributed by atoms with Crippen molar-refractivity contribution in [3.63, 3.8) is 0 Å². The van der Waals surface area contributed by atoms with Crippen LogP contribution in [0.5, 0.6) is 11.5 Å². The first-order valence-corrected chi connectivity index (χ1v) is 11.1. The highest BCUT2D eigenvalue weighted by molar-refractivity contribution is 7.89. The Morgan fingerprint density at radius 2 is 1.87 bits per heavy atom. The number of rotatable bonds is 6. The number of hydrogen-bond donors (Lipinski definition) is 2. The standard InChI is InChI=1S/C21H25N3O5S/c1-15(19-10-9-17(29-2)14-20(19)25)22-23-21(26)16-7-6-8-18(13-16)30(27,28)24-11-4-3-5-12-24/h6-10,13-14,25H,3-5,11-12H2,1-2H3,(H,23,26)/b22-15+. The van der Waals surface area contributed by atoms with Crippen molar-refractivity contribution in [1.82, 2.24) is 9.73 Å². The van der Waals surface area contributed by atoms with Crippen molar-refractivity contribution < 1.29 is 23.1 Å². The Labute approximate surface area is 176 Å². The van der Waals surface area contributed by atoms with Crippen LogP contribution in [0.1, 0.15) is 42.1 Å². The highest BCUT2D eigenvalue weighted by atomic mass is 32.2. The number of sulfonamides is 1. The summed E-state index contributed by atoms with van der Waals surface area (Å²) < 4.78 is 32.2. The zero-order chi connectivity index (χ0) is 21.7.